The van der Waals surface area contributed by atoms with Gasteiger partial charge in [0.1, 0.15) is 5.82 Å². The van der Waals surface area contributed by atoms with E-state index in [1.807, 2.05) is 13.0 Å². The molecule has 30 heavy (non-hydrogen) atoms. The van der Waals surface area contributed by atoms with Crippen LogP contribution in [0.25, 0.3) is 0 Å². The zero-order valence-corrected chi connectivity index (χ0v) is 18.1. The van der Waals surface area contributed by atoms with Gasteiger partial charge >= 0.3 is 0 Å². The quantitative estimate of drug-likeness (QED) is 0.709. The number of nitrogens with zero attached hydrogens (tertiary/aromatic N) is 1. The largest absolute Gasteiger partial charge is 0.380 e. The maximum Gasteiger partial charge on any atom is 0.227 e. The summed E-state index contributed by atoms with van der Waals surface area (Å²) in [6.07, 6.45) is 8.80. The van der Waals surface area contributed by atoms with Crippen LogP contribution in [0.5, 0.6) is 0 Å². The maximum atomic E-state index is 14.2. The second-order valence-electron chi connectivity index (χ2n) is 10.0. The first-order valence-electron chi connectivity index (χ1n) is 11.8. The summed E-state index contributed by atoms with van der Waals surface area (Å²) in [5.41, 5.74) is 2.84. The van der Waals surface area contributed by atoms with Crippen LogP contribution in [0.3, 0.4) is 0 Å². The molecule has 4 aliphatic rings. The normalized spacial score (nSPS) is 34.1. The van der Waals surface area contributed by atoms with E-state index >= 15 is 0 Å². The molecule has 164 valence electrons. The standard InChI is InChI=1S/C24H35FN4O/c1-16-6-7-21(25)20-13-18(28-22(16)20)14-27-17-4-2-5-19(12-17)29-11-3-8-24(15-29)9-10-26-23(24)30/h6-7,17-19,27-28H,2-5,8-15H2,1H3,(H,26,30)/t17-,18?,19+,24?/m1/s1. The first-order valence-corrected chi connectivity index (χ1v) is 11.8. The van der Waals surface area contributed by atoms with E-state index < -0.39 is 0 Å². The van der Waals surface area contributed by atoms with Crippen LogP contribution in [0.1, 0.15) is 56.1 Å². The molecule has 5 nitrogen and oxygen atoms in total. The number of fused-ring (bicyclic) bond motifs is 1. The van der Waals surface area contributed by atoms with E-state index in [0.29, 0.717) is 12.1 Å². The number of carbonyl (C=O) groups is 1. The average molecular weight is 415 g/mol. The van der Waals surface area contributed by atoms with E-state index in [0.717, 1.165) is 75.1 Å². The number of benzene rings is 1. The zero-order valence-electron chi connectivity index (χ0n) is 18.1. The van der Waals surface area contributed by atoms with Crippen molar-refractivity contribution >= 4 is 11.6 Å². The first-order chi connectivity index (χ1) is 14.5. The second-order valence-corrected chi connectivity index (χ2v) is 10.0. The van der Waals surface area contributed by atoms with Gasteiger partial charge in [0.15, 0.2) is 0 Å². The molecule has 4 atom stereocenters. The van der Waals surface area contributed by atoms with Gasteiger partial charge in [-0.25, -0.2) is 4.39 Å². The molecule has 1 spiro atoms. The minimum atomic E-state index is -0.125. The molecule has 1 amide bonds. The highest BCUT2D eigenvalue weighted by molar-refractivity contribution is 5.85. The molecule has 2 saturated heterocycles. The Morgan fingerprint density at radius 2 is 2.17 bits per heavy atom. The molecule has 3 aliphatic heterocycles. The molecular weight excluding hydrogens is 379 g/mol. The smallest absolute Gasteiger partial charge is 0.227 e. The van der Waals surface area contributed by atoms with E-state index in [2.05, 4.69) is 20.9 Å². The maximum absolute atomic E-state index is 14.2. The number of rotatable bonds is 4. The lowest BCUT2D eigenvalue weighted by atomic mass is 9.77. The van der Waals surface area contributed by atoms with Gasteiger partial charge < -0.3 is 16.0 Å². The predicted octanol–water partition coefficient (Wildman–Crippen LogP) is 2.97. The van der Waals surface area contributed by atoms with Crippen LogP contribution in [0.4, 0.5) is 10.1 Å². The molecule has 1 aromatic carbocycles. The van der Waals surface area contributed by atoms with Crippen LogP contribution in [0.15, 0.2) is 12.1 Å². The van der Waals surface area contributed by atoms with Crippen LogP contribution in [0, 0.1) is 18.2 Å². The third-order valence-electron chi connectivity index (χ3n) is 8.06. The van der Waals surface area contributed by atoms with Crippen LogP contribution < -0.4 is 16.0 Å². The Morgan fingerprint density at radius 1 is 1.27 bits per heavy atom. The number of piperidine rings is 1. The second kappa shape index (κ2) is 8.12. The van der Waals surface area contributed by atoms with Gasteiger partial charge in [-0.2, -0.15) is 0 Å². The molecule has 0 bridgehead atoms. The number of halogens is 1. The number of hydrogen-bond acceptors (Lipinski definition) is 4. The third-order valence-corrected chi connectivity index (χ3v) is 8.06. The summed E-state index contributed by atoms with van der Waals surface area (Å²) in [5, 5.41) is 10.4. The number of amides is 1. The van der Waals surface area contributed by atoms with Crippen molar-refractivity contribution < 1.29 is 9.18 Å². The SMILES string of the molecule is Cc1ccc(F)c2c1NC(CN[C@@H]1CCC[C@H](N3CCCC4(CCNC4=O)C3)C1)C2. The van der Waals surface area contributed by atoms with Gasteiger partial charge in [0, 0.05) is 49.0 Å². The molecule has 0 radical (unpaired) electrons. The summed E-state index contributed by atoms with van der Waals surface area (Å²) in [4.78, 5) is 15.1. The number of hydrogen-bond donors (Lipinski definition) is 3. The molecular formula is C24H35FN4O. The van der Waals surface area contributed by atoms with E-state index in [1.165, 1.54) is 19.3 Å². The molecule has 5 rings (SSSR count). The van der Waals surface area contributed by atoms with E-state index in [9.17, 15) is 9.18 Å². The first kappa shape index (κ1) is 20.3. The lowest BCUT2D eigenvalue weighted by Gasteiger charge is -2.45. The fraction of sp³-hybridized carbons (Fsp3) is 0.708. The molecule has 1 aliphatic carbocycles. The minimum absolute atomic E-state index is 0.0849. The minimum Gasteiger partial charge on any atom is -0.380 e. The third kappa shape index (κ3) is 3.73. The molecule has 1 aromatic rings. The van der Waals surface area contributed by atoms with Gasteiger partial charge in [-0.1, -0.05) is 12.5 Å². The number of nitrogens with one attached hydrogen (secondary N) is 3. The summed E-state index contributed by atoms with van der Waals surface area (Å²) in [5.74, 6) is 0.199. The Labute approximate surface area is 179 Å². The summed E-state index contributed by atoms with van der Waals surface area (Å²) in [6.45, 7) is 5.83. The summed E-state index contributed by atoms with van der Waals surface area (Å²) >= 11 is 0. The molecule has 6 heteroatoms. The highest BCUT2D eigenvalue weighted by Crippen LogP contribution is 2.39. The van der Waals surface area contributed by atoms with Crippen molar-refractivity contribution in [3.8, 4) is 0 Å². The number of aryl methyl sites for hydroxylation is 1. The average Bonchev–Trinajstić information content (AvgIpc) is 3.35. The van der Waals surface area contributed by atoms with Gasteiger partial charge in [-0.3, -0.25) is 9.69 Å². The molecule has 3 heterocycles. The fourth-order valence-corrected chi connectivity index (χ4v) is 6.34. The van der Waals surface area contributed by atoms with Crippen molar-refractivity contribution in [2.45, 2.75) is 76.4 Å². The van der Waals surface area contributed by atoms with Crippen LogP contribution in [0.2, 0.25) is 0 Å². The Morgan fingerprint density at radius 3 is 2.97 bits per heavy atom. The summed E-state index contributed by atoms with van der Waals surface area (Å²) < 4.78 is 14.2. The molecule has 1 saturated carbocycles. The van der Waals surface area contributed by atoms with Gasteiger partial charge in [-0.05, 0) is 70.0 Å². The van der Waals surface area contributed by atoms with E-state index in [1.54, 1.807) is 6.07 Å². The van der Waals surface area contributed by atoms with Gasteiger partial charge in [0.2, 0.25) is 5.91 Å². The van der Waals surface area contributed by atoms with Crippen molar-refractivity contribution in [1.82, 2.24) is 15.5 Å². The monoisotopic (exact) mass is 414 g/mol. The highest BCUT2D eigenvalue weighted by Gasteiger charge is 2.46. The van der Waals surface area contributed by atoms with Crippen molar-refractivity contribution in [2.24, 2.45) is 5.41 Å². The van der Waals surface area contributed by atoms with Crippen LogP contribution >= 0.6 is 0 Å². The van der Waals surface area contributed by atoms with Gasteiger partial charge in [0.05, 0.1) is 5.41 Å². The number of carbonyl (C=O) groups excluding carboxylic acids is 1. The zero-order chi connectivity index (χ0) is 20.7. The van der Waals surface area contributed by atoms with Crippen molar-refractivity contribution in [1.29, 1.82) is 0 Å². The lowest BCUT2D eigenvalue weighted by Crippen LogP contribution is -2.53. The molecule has 2 unspecified atom stereocenters. The van der Waals surface area contributed by atoms with Gasteiger partial charge in [0.25, 0.3) is 0 Å². The van der Waals surface area contributed by atoms with Gasteiger partial charge in [-0.15, -0.1) is 0 Å². The van der Waals surface area contributed by atoms with E-state index in [-0.39, 0.29) is 23.2 Å². The van der Waals surface area contributed by atoms with Crippen LogP contribution in [-0.4, -0.2) is 55.1 Å². The van der Waals surface area contributed by atoms with E-state index in [4.69, 9.17) is 0 Å². The number of likely N-dealkylation sites (tertiary alicyclic amines) is 1. The Hall–Kier alpha value is -1.66. The number of anilines is 1. The Kier molecular flexibility index (Phi) is 5.48. The van der Waals surface area contributed by atoms with Crippen molar-refractivity contribution in [3.63, 3.8) is 0 Å². The molecule has 3 fully saturated rings. The van der Waals surface area contributed by atoms with Crippen molar-refractivity contribution in [2.75, 3.05) is 31.5 Å². The van der Waals surface area contributed by atoms with Crippen LogP contribution in [-0.2, 0) is 11.2 Å². The lowest BCUT2D eigenvalue weighted by molar-refractivity contribution is -0.131. The Balaban J connectivity index is 1.15. The highest BCUT2D eigenvalue weighted by atomic mass is 19.1. The summed E-state index contributed by atoms with van der Waals surface area (Å²) in [6, 6.07) is 4.80. The predicted molar refractivity (Wildman–Crippen MR) is 117 cm³/mol. The van der Waals surface area contributed by atoms with Crippen molar-refractivity contribution in [3.05, 3.63) is 29.1 Å². The molecule has 0 aromatic heterocycles. The molecule has 3 N–H and O–H groups in total. The topological polar surface area (TPSA) is 56.4 Å². The fourth-order valence-electron chi connectivity index (χ4n) is 6.34. The Bertz CT molecular complexity index is 784. The summed E-state index contributed by atoms with van der Waals surface area (Å²) in [7, 11) is 0.